The highest BCUT2D eigenvalue weighted by Crippen LogP contribution is 2.22. The summed E-state index contributed by atoms with van der Waals surface area (Å²) in [4.78, 5) is 12.6. The summed E-state index contributed by atoms with van der Waals surface area (Å²) < 4.78 is 1.06. The van der Waals surface area contributed by atoms with Gasteiger partial charge in [0.05, 0.1) is 3.79 Å². The number of hydrogen-bond donors (Lipinski definition) is 1. The zero-order valence-electron chi connectivity index (χ0n) is 9.60. The lowest BCUT2D eigenvalue weighted by molar-refractivity contribution is -0.116. The molecule has 2 nitrogen and oxygen atoms in total. The Morgan fingerprint density at radius 2 is 2.00 bits per heavy atom. The number of benzene rings is 1. The van der Waals surface area contributed by atoms with Gasteiger partial charge < -0.3 is 5.32 Å². The van der Waals surface area contributed by atoms with Gasteiger partial charge in [-0.3, -0.25) is 4.79 Å². The molecule has 1 aromatic carbocycles. The number of thiophene rings is 1. The summed E-state index contributed by atoms with van der Waals surface area (Å²) in [6, 6.07) is 13.8. The number of halogens is 1. The molecule has 0 aliphatic heterocycles. The summed E-state index contributed by atoms with van der Waals surface area (Å²) in [6.07, 6.45) is 3.37. The molecule has 2 aromatic rings. The van der Waals surface area contributed by atoms with Crippen LogP contribution in [0.25, 0.3) is 6.08 Å². The van der Waals surface area contributed by atoms with Gasteiger partial charge in [-0.05, 0) is 39.7 Å². The molecule has 1 N–H and O–H groups in total. The van der Waals surface area contributed by atoms with Gasteiger partial charge in [0.1, 0.15) is 0 Å². The maximum atomic E-state index is 11.6. The molecule has 4 heteroatoms. The van der Waals surface area contributed by atoms with E-state index in [0.29, 0.717) is 6.54 Å². The summed E-state index contributed by atoms with van der Waals surface area (Å²) in [6.45, 7) is 0.554. The summed E-state index contributed by atoms with van der Waals surface area (Å²) >= 11 is 4.98. The molecule has 0 spiro atoms. The van der Waals surface area contributed by atoms with Crippen molar-refractivity contribution in [3.05, 3.63) is 62.8 Å². The zero-order chi connectivity index (χ0) is 12.8. The molecule has 0 saturated heterocycles. The van der Waals surface area contributed by atoms with E-state index in [1.165, 1.54) is 0 Å². The minimum Gasteiger partial charge on any atom is -0.348 e. The van der Waals surface area contributed by atoms with E-state index in [4.69, 9.17) is 0 Å². The Hall–Kier alpha value is -1.39. The van der Waals surface area contributed by atoms with Gasteiger partial charge in [0.15, 0.2) is 0 Å². The van der Waals surface area contributed by atoms with Crippen LogP contribution in [0, 0.1) is 0 Å². The first kappa shape index (κ1) is 13.1. The third-order valence-electron chi connectivity index (χ3n) is 2.30. The Kier molecular flexibility index (Phi) is 4.73. The minimum absolute atomic E-state index is 0.0802. The van der Waals surface area contributed by atoms with E-state index in [2.05, 4.69) is 21.2 Å². The van der Waals surface area contributed by atoms with Crippen molar-refractivity contribution in [2.75, 3.05) is 0 Å². The fraction of sp³-hybridized carbons (Fsp3) is 0.0714. The highest BCUT2D eigenvalue weighted by Gasteiger charge is 1.97. The monoisotopic (exact) mass is 321 g/mol. The van der Waals surface area contributed by atoms with E-state index in [1.807, 2.05) is 48.5 Å². The lowest BCUT2D eigenvalue weighted by Gasteiger charge is -2.01. The van der Waals surface area contributed by atoms with Gasteiger partial charge in [0.2, 0.25) is 5.91 Å². The molecule has 0 radical (unpaired) electrons. The summed E-state index contributed by atoms with van der Waals surface area (Å²) in [5, 5.41) is 2.84. The maximum Gasteiger partial charge on any atom is 0.244 e. The first-order valence-electron chi connectivity index (χ1n) is 5.49. The molecule has 0 aliphatic rings. The van der Waals surface area contributed by atoms with Crippen LogP contribution in [0.5, 0.6) is 0 Å². The van der Waals surface area contributed by atoms with Crippen LogP contribution in [0.3, 0.4) is 0 Å². The Balaban J connectivity index is 1.84. The van der Waals surface area contributed by atoms with Gasteiger partial charge in [-0.2, -0.15) is 0 Å². The van der Waals surface area contributed by atoms with Crippen molar-refractivity contribution in [1.82, 2.24) is 5.32 Å². The van der Waals surface area contributed by atoms with Crippen LogP contribution in [0.4, 0.5) is 0 Å². The van der Waals surface area contributed by atoms with Crippen molar-refractivity contribution >= 4 is 39.2 Å². The van der Waals surface area contributed by atoms with Gasteiger partial charge in [-0.25, -0.2) is 0 Å². The van der Waals surface area contributed by atoms with E-state index < -0.39 is 0 Å². The molecule has 92 valence electrons. The Morgan fingerprint density at radius 3 is 2.67 bits per heavy atom. The standard InChI is InChI=1S/C14H12BrNOS/c15-13-8-6-12(18-13)7-9-14(17)16-10-11-4-2-1-3-5-11/h1-9H,10H2,(H,16,17)/b9-7+. The lowest BCUT2D eigenvalue weighted by atomic mass is 10.2. The fourth-order valence-electron chi connectivity index (χ4n) is 1.42. The van der Waals surface area contributed by atoms with Crippen LogP contribution in [0.2, 0.25) is 0 Å². The van der Waals surface area contributed by atoms with Crippen LogP contribution in [-0.4, -0.2) is 5.91 Å². The van der Waals surface area contributed by atoms with Gasteiger partial charge in [-0.1, -0.05) is 30.3 Å². The van der Waals surface area contributed by atoms with E-state index in [9.17, 15) is 4.79 Å². The van der Waals surface area contributed by atoms with Gasteiger partial charge in [0, 0.05) is 17.5 Å². The summed E-state index contributed by atoms with van der Waals surface area (Å²) in [5.74, 6) is -0.0802. The maximum absolute atomic E-state index is 11.6. The number of amides is 1. The Labute approximate surface area is 118 Å². The van der Waals surface area contributed by atoms with Crippen molar-refractivity contribution in [3.8, 4) is 0 Å². The number of hydrogen-bond acceptors (Lipinski definition) is 2. The molecule has 1 heterocycles. The topological polar surface area (TPSA) is 29.1 Å². The van der Waals surface area contributed by atoms with Crippen LogP contribution in [0.1, 0.15) is 10.4 Å². The molecular weight excluding hydrogens is 310 g/mol. The average molecular weight is 322 g/mol. The molecule has 0 atom stereocenters. The largest absolute Gasteiger partial charge is 0.348 e. The predicted octanol–water partition coefficient (Wildman–Crippen LogP) is 3.84. The molecule has 0 aliphatic carbocycles. The van der Waals surface area contributed by atoms with Gasteiger partial charge in [-0.15, -0.1) is 11.3 Å². The zero-order valence-corrected chi connectivity index (χ0v) is 12.0. The molecule has 0 fully saturated rings. The average Bonchev–Trinajstić information content (AvgIpc) is 2.81. The number of rotatable bonds is 4. The molecule has 1 aromatic heterocycles. The smallest absolute Gasteiger partial charge is 0.244 e. The number of carbonyl (C=O) groups excluding carboxylic acids is 1. The second-order valence-electron chi connectivity index (χ2n) is 3.68. The highest BCUT2D eigenvalue weighted by atomic mass is 79.9. The van der Waals surface area contributed by atoms with Crippen molar-refractivity contribution < 1.29 is 4.79 Å². The van der Waals surface area contributed by atoms with E-state index in [1.54, 1.807) is 17.4 Å². The number of carbonyl (C=O) groups is 1. The predicted molar refractivity (Wildman–Crippen MR) is 79.3 cm³/mol. The molecule has 0 saturated carbocycles. The van der Waals surface area contributed by atoms with Crippen LogP contribution in [-0.2, 0) is 11.3 Å². The SMILES string of the molecule is O=C(/C=C/c1ccc(Br)s1)NCc1ccccc1. The molecule has 2 rings (SSSR count). The van der Waals surface area contributed by atoms with Crippen molar-refractivity contribution in [1.29, 1.82) is 0 Å². The second kappa shape index (κ2) is 6.52. The van der Waals surface area contributed by atoms with Crippen molar-refractivity contribution in [2.45, 2.75) is 6.54 Å². The fourth-order valence-corrected chi connectivity index (χ4v) is 2.75. The van der Waals surface area contributed by atoms with Crippen LogP contribution >= 0.6 is 27.3 Å². The quantitative estimate of drug-likeness (QED) is 0.852. The lowest BCUT2D eigenvalue weighted by Crippen LogP contribution is -2.19. The first-order valence-corrected chi connectivity index (χ1v) is 7.10. The third-order valence-corrected chi connectivity index (χ3v) is 3.89. The molecule has 18 heavy (non-hydrogen) atoms. The number of nitrogens with one attached hydrogen (secondary N) is 1. The van der Waals surface area contributed by atoms with Crippen LogP contribution in [0.15, 0.2) is 52.3 Å². The first-order chi connectivity index (χ1) is 8.74. The summed E-state index contributed by atoms with van der Waals surface area (Å²) in [5.41, 5.74) is 1.10. The highest BCUT2D eigenvalue weighted by molar-refractivity contribution is 9.11. The minimum atomic E-state index is -0.0802. The van der Waals surface area contributed by atoms with Gasteiger partial charge >= 0.3 is 0 Å². The second-order valence-corrected chi connectivity index (χ2v) is 6.17. The van der Waals surface area contributed by atoms with E-state index in [0.717, 1.165) is 14.2 Å². The van der Waals surface area contributed by atoms with Crippen molar-refractivity contribution in [3.63, 3.8) is 0 Å². The molecule has 0 unspecified atom stereocenters. The Morgan fingerprint density at radius 1 is 1.22 bits per heavy atom. The van der Waals surface area contributed by atoms with E-state index in [-0.39, 0.29) is 5.91 Å². The van der Waals surface area contributed by atoms with Crippen molar-refractivity contribution in [2.24, 2.45) is 0 Å². The summed E-state index contributed by atoms with van der Waals surface area (Å²) in [7, 11) is 0. The molecular formula is C14H12BrNOS. The van der Waals surface area contributed by atoms with Gasteiger partial charge in [0.25, 0.3) is 0 Å². The normalized spacial score (nSPS) is 10.7. The Bertz CT molecular complexity index is 548. The van der Waals surface area contributed by atoms with E-state index >= 15 is 0 Å². The molecule has 1 amide bonds. The molecule has 0 bridgehead atoms. The van der Waals surface area contributed by atoms with Crippen LogP contribution < -0.4 is 5.32 Å². The third kappa shape index (κ3) is 4.13.